The Labute approximate surface area is 176 Å². The van der Waals surface area contributed by atoms with Gasteiger partial charge in [-0.3, -0.25) is 9.59 Å². The van der Waals surface area contributed by atoms with E-state index < -0.39 is 0 Å². The first-order chi connectivity index (χ1) is 14.5. The number of nitrogens with zero attached hydrogens (tertiary/aromatic N) is 4. The number of Topliss-reactive ketones (excluding diaryl/α,β-unsaturated/α-hetero) is 1. The third-order valence-corrected chi connectivity index (χ3v) is 5.59. The number of ketones is 1. The maximum atomic E-state index is 12.6. The monoisotopic (exact) mass is 402 g/mol. The highest BCUT2D eigenvalue weighted by atomic mass is 16.2. The molecule has 1 aliphatic heterocycles. The van der Waals surface area contributed by atoms with Gasteiger partial charge in [0.05, 0.1) is 16.7 Å². The van der Waals surface area contributed by atoms with Crippen LogP contribution < -0.4 is 4.90 Å². The van der Waals surface area contributed by atoms with Crippen molar-refractivity contribution in [3.63, 3.8) is 0 Å². The van der Waals surface area contributed by atoms with Gasteiger partial charge in [0.15, 0.2) is 11.6 Å². The smallest absolute Gasteiger partial charge is 0.223 e. The van der Waals surface area contributed by atoms with E-state index in [1.54, 1.807) is 0 Å². The molecule has 3 aromatic rings. The molecule has 154 valence electrons. The minimum absolute atomic E-state index is 0.0176. The van der Waals surface area contributed by atoms with Crippen molar-refractivity contribution in [3.8, 4) is 0 Å². The van der Waals surface area contributed by atoms with Crippen LogP contribution in [0.2, 0.25) is 0 Å². The molecule has 1 aliphatic rings. The van der Waals surface area contributed by atoms with E-state index in [1.807, 2.05) is 67.3 Å². The van der Waals surface area contributed by atoms with Crippen LogP contribution in [0, 0.1) is 13.8 Å². The number of aryl methyl sites for hydroxylation is 2. The first kappa shape index (κ1) is 20.0. The van der Waals surface area contributed by atoms with Crippen LogP contribution in [0.5, 0.6) is 0 Å². The lowest BCUT2D eigenvalue weighted by Crippen LogP contribution is -2.49. The highest BCUT2D eigenvalue weighted by Crippen LogP contribution is 2.21. The summed E-state index contributed by atoms with van der Waals surface area (Å²) in [6.07, 6.45) is 0.499. The maximum absolute atomic E-state index is 12.6. The fourth-order valence-electron chi connectivity index (χ4n) is 3.81. The Hall–Kier alpha value is -3.28. The third kappa shape index (κ3) is 4.32. The molecule has 30 heavy (non-hydrogen) atoms. The van der Waals surface area contributed by atoms with Crippen LogP contribution in [-0.2, 0) is 4.79 Å². The van der Waals surface area contributed by atoms with Gasteiger partial charge < -0.3 is 9.80 Å². The number of amides is 1. The SMILES string of the molecule is Cc1ccc(C(=O)CCC(=O)N2CCN(c3nc4ccccc4nc3C)CC2)cc1. The average molecular weight is 402 g/mol. The van der Waals surface area contributed by atoms with Gasteiger partial charge in [0.1, 0.15) is 0 Å². The molecule has 0 atom stereocenters. The van der Waals surface area contributed by atoms with Gasteiger partial charge in [0.2, 0.25) is 5.91 Å². The number of aromatic nitrogens is 2. The summed E-state index contributed by atoms with van der Waals surface area (Å²) in [6, 6.07) is 15.4. The summed E-state index contributed by atoms with van der Waals surface area (Å²) in [5.74, 6) is 0.941. The normalized spacial score (nSPS) is 14.2. The summed E-state index contributed by atoms with van der Waals surface area (Å²) < 4.78 is 0. The van der Waals surface area contributed by atoms with Gasteiger partial charge in [-0.1, -0.05) is 42.0 Å². The zero-order valence-corrected chi connectivity index (χ0v) is 17.5. The van der Waals surface area contributed by atoms with E-state index in [9.17, 15) is 9.59 Å². The summed E-state index contributed by atoms with van der Waals surface area (Å²) in [5, 5.41) is 0. The predicted molar refractivity (Wildman–Crippen MR) is 118 cm³/mol. The molecule has 0 N–H and O–H groups in total. The third-order valence-electron chi connectivity index (χ3n) is 5.59. The van der Waals surface area contributed by atoms with E-state index in [0.29, 0.717) is 31.7 Å². The van der Waals surface area contributed by atoms with E-state index in [4.69, 9.17) is 4.98 Å². The van der Waals surface area contributed by atoms with Crippen LogP contribution in [0.3, 0.4) is 0 Å². The number of fused-ring (bicyclic) bond motifs is 1. The molecule has 0 aliphatic carbocycles. The zero-order chi connectivity index (χ0) is 21.1. The maximum Gasteiger partial charge on any atom is 0.223 e. The first-order valence-electron chi connectivity index (χ1n) is 10.4. The fourth-order valence-corrected chi connectivity index (χ4v) is 3.81. The second-order valence-electron chi connectivity index (χ2n) is 7.78. The summed E-state index contributed by atoms with van der Waals surface area (Å²) in [7, 11) is 0. The molecule has 0 bridgehead atoms. The fraction of sp³-hybridized carbons (Fsp3) is 0.333. The second kappa shape index (κ2) is 8.61. The number of anilines is 1. The van der Waals surface area contributed by atoms with Crippen LogP contribution in [0.4, 0.5) is 5.82 Å². The Balaban J connectivity index is 1.33. The average Bonchev–Trinajstić information content (AvgIpc) is 2.77. The molecule has 0 unspecified atom stereocenters. The quantitative estimate of drug-likeness (QED) is 0.611. The Kier molecular flexibility index (Phi) is 5.74. The first-order valence-corrected chi connectivity index (χ1v) is 10.4. The standard InChI is InChI=1S/C24H26N4O2/c1-17-7-9-19(10-8-17)22(29)11-12-23(30)27-13-15-28(16-14-27)24-18(2)25-20-5-3-4-6-21(20)26-24/h3-10H,11-16H2,1-2H3. The summed E-state index contributed by atoms with van der Waals surface area (Å²) >= 11 is 0. The highest BCUT2D eigenvalue weighted by Gasteiger charge is 2.24. The van der Waals surface area contributed by atoms with Gasteiger partial charge in [-0.05, 0) is 26.0 Å². The number of rotatable bonds is 5. The summed E-state index contributed by atoms with van der Waals surface area (Å²) in [4.78, 5) is 38.4. The molecule has 1 aromatic heterocycles. The van der Waals surface area contributed by atoms with Crippen molar-refractivity contribution < 1.29 is 9.59 Å². The van der Waals surface area contributed by atoms with Crippen molar-refractivity contribution in [1.29, 1.82) is 0 Å². The minimum Gasteiger partial charge on any atom is -0.352 e. The molecule has 6 heteroatoms. The molecule has 4 rings (SSSR count). The Morgan fingerprint density at radius 1 is 0.833 bits per heavy atom. The highest BCUT2D eigenvalue weighted by molar-refractivity contribution is 5.98. The molecule has 1 amide bonds. The van der Waals surface area contributed by atoms with Gasteiger partial charge >= 0.3 is 0 Å². The topological polar surface area (TPSA) is 66.4 Å². The molecule has 2 heterocycles. The van der Waals surface area contributed by atoms with Crippen molar-refractivity contribution in [1.82, 2.24) is 14.9 Å². The molecule has 6 nitrogen and oxygen atoms in total. The number of hydrogen-bond donors (Lipinski definition) is 0. The van der Waals surface area contributed by atoms with E-state index in [-0.39, 0.29) is 24.5 Å². The zero-order valence-electron chi connectivity index (χ0n) is 17.5. The summed E-state index contributed by atoms with van der Waals surface area (Å²) in [6.45, 7) is 6.65. The van der Waals surface area contributed by atoms with Crippen molar-refractivity contribution in [2.75, 3.05) is 31.1 Å². The Morgan fingerprint density at radius 2 is 1.47 bits per heavy atom. The molecule has 1 saturated heterocycles. The van der Waals surface area contributed by atoms with Gasteiger partial charge in [0, 0.05) is 44.6 Å². The van der Waals surface area contributed by atoms with Crippen LogP contribution >= 0.6 is 0 Å². The number of hydrogen-bond acceptors (Lipinski definition) is 5. The number of carbonyl (C=O) groups is 2. The lowest BCUT2D eigenvalue weighted by molar-refractivity contribution is -0.131. The summed E-state index contributed by atoms with van der Waals surface area (Å²) in [5.41, 5.74) is 4.46. The molecule has 1 fully saturated rings. The molecule has 0 spiro atoms. The minimum atomic E-state index is 0.0176. The number of carbonyl (C=O) groups excluding carboxylic acids is 2. The van der Waals surface area contributed by atoms with E-state index >= 15 is 0 Å². The second-order valence-corrected chi connectivity index (χ2v) is 7.78. The van der Waals surface area contributed by atoms with Crippen molar-refractivity contribution in [2.24, 2.45) is 0 Å². The van der Waals surface area contributed by atoms with Crippen LogP contribution in [0.1, 0.15) is 34.5 Å². The molecular formula is C24H26N4O2. The van der Waals surface area contributed by atoms with E-state index in [2.05, 4.69) is 9.88 Å². The van der Waals surface area contributed by atoms with Crippen LogP contribution in [0.25, 0.3) is 11.0 Å². The number of benzene rings is 2. The van der Waals surface area contributed by atoms with Gasteiger partial charge in [-0.15, -0.1) is 0 Å². The van der Waals surface area contributed by atoms with Crippen LogP contribution in [-0.4, -0.2) is 52.7 Å². The van der Waals surface area contributed by atoms with E-state index in [0.717, 1.165) is 28.1 Å². The molecular weight excluding hydrogens is 376 g/mol. The Bertz CT molecular complexity index is 1070. The van der Waals surface area contributed by atoms with Crippen molar-refractivity contribution in [3.05, 3.63) is 65.4 Å². The number of piperazine rings is 1. The van der Waals surface area contributed by atoms with Crippen LogP contribution in [0.15, 0.2) is 48.5 Å². The molecule has 0 saturated carbocycles. The van der Waals surface area contributed by atoms with Crippen molar-refractivity contribution >= 4 is 28.5 Å². The van der Waals surface area contributed by atoms with E-state index in [1.165, 1.54) is 0 Å². The van der Waals surface area contributed by atoms with Gasteiger partial charge in [-0.2, -0.15) is 0 Å². The molecule has 0 radical (unpaired) electrons. The lowest BCUT2D eigenvalue weighted by Gasteiger charge is -2.36. The Morgan fingerprint density at radius 3 is 2.13 bits per heavy atom. The lowest BCUT2D eigenvalue weighted by atomic mass is 10.0. The number of para-hydroxylation sites is 2. The predicted octanol–water partition coefficient (Wildman–Crippen LogP) is 3.56. The van der Waals surface area contributed by atoms with Gasteiger partial charge in [-0.25, -0.2) is 9.97 Å². The van der Waals surface area contributed by atoms with Gasteiger partial charge in [0.25, 0.3) is 0 Å². The molecule has 2 aromatic carbocycles. The largest absolute Gasteiger partial charge is 0.352 e. The van der Waals surface area contributed by atoms with Crippen molar-refractivity contribution in [2.45, 2.75) is 26.7 Å².